The van der Waals surface area contributed by atoms with Gasteiger partial charge in [0.1, 0.15) is 0 Å². The van der Waals surface area contributed by atoms with Gasteiger partial charge in [0.2, 0.25) is 0 Å². The number of benzene rings is 1. The van der Waals surface area contributed by atoms with Crippen LogP contribution in [0.4, 0.5) is 0 Å². The van der Waals surface area contributed by atoms with E-state index in [0.717, 1.165) is 4.88 Å². The normalized spacial score (nSPS) is 9.95. The van der Waals surface area contributed by atoms with E-state index >= 15 is 0 Å². The van der Waals surface area contributed by atoms with Crippen molar-refractivity contribution >= 4 is 23.2 Å². The lowest BCUT2D eigenvalue weighted by molar-refractivity contribution is 0.0848. The van der Waals surface area contributed by atoms with Gasteiger partial charge in [0, 0.05) is 10.4 Å². The zero-order valence-corrected chi connectivity index (χ0v) is 13.2. The molecule has 116 valence electrons. The summed E-state index contributed by atoms with van der Waals surface area (Å²) in [6, 6.07) is 8.29. The Balaban J connectivity index is 2.02. The SMILES string of the molecule is COc1ccc(C(=O)NNC(=O)c2ccc(C)s2)cc1OC. The largest absolute Gasteiger partial charge is 0.493 e. The third-order valence-electron chi connectivity index (χ3n) is 2.90. The summed E-state index contributed by atoms with van der Waals surface area (Å²) in [4.78, 5) is 25.4. The second kappa shape index (κ2) is 6.95. The highest BCUT2D eigenvalue weighted by Gasteiger charge is 2.13. The molecule has 0 aliphatic rings. The van der Waals surface area contributed by atoms with Crippen LogP contribution < -0.4 is 20.3 Å². The molecule has 0 aliphatic carbocycles. The Bertz CT molecular complexity index is 697. The third kappa shape index (κ3) is 3.56. The number of hydrazine groups is 1. The molecular formula is C15H16N2O4S. The molecular weight excluding hydrogens is 304 g/mol. The molecule has 7 heteroatoms. The smallest absolute Gasteiger partial charge is 0.279 e. The number of methoxy groups -OCH3 is 2. The number of carbonyl (C=O) groups excluding carboxylic acids is 2. The van der Waals surface area contributed by atoms with Gasteiger partial charge in [-0.15, -0.1) is 11.3 Å². The molecule has 0 aliphatic heterocycles. The number of carbonyl (C=O) groups is 2. The number of nitrogens with one attached hydrogen (secondary N) is 2. The van der Waals surface area contributed by atoms with Crippen molar-refractivity contribution in [2.45, 2.75) is 6.92 Å². The fraction of sp³-hybridized carbons (Fsp3) is 0.200. The van der Waals surface area contributed by atoms with Crippen LogP contribution in [0.3, 0.4) is 0 Å². The van der Waals surface area contributed by atoms with Gasteiger partial charge in [-0.3, -0.25) is 20.4 Å². The molecule has 0 spiro atoms. The van der Waals surface area contributed by atoms with E-state index in [1.54, 1.807) is 18.2 Å². The molecule has 1 heterocycles. The second-order valence-corrected chi connectivity index (χ2v) is 5.68. The zero-order valence-electron chi connectivity index (χ0n) is 12.4. The van der Waals surface area contributed by atoms with Gasteiger partial charge in [0.05, 0.1) is 19.1 Å². The van der Waals surface area contributed by atoms with Crippen LogP contribution in [0.5, 0.6) is 11.5 Å². The van der Waals surface area contributed by atoms with Crippen molar-refractivity contribution < 1.29 is 19.1 Å². The topological polar surface area (TPSA) is 76.7 Å². The first-order chi connectivity index (χ1) is 10.5. The highest BCUT2D eigenvalue weighted by atomic mass is 32.1. The van der Waals surface area contributed by atoms with E-state index in [2.05, 4.69) is 10.9 Å². The Hall–Kier alpha value is -2.54. The van der Waals surface area contributed by atoms with Gasteiger partial charge in [-0.05, 0) is 37.3 Å². The van der Waals surface area contributed by atoms with E-state index < -0.39 is 5.91 Å². The quantitative estimate of drug-likeness (QED) is 0.846. The number of thiophene rings is 1. The molecule has 0 bridgehead atoms. The van der Waals surface area contributed by atoms with Gasteiger partial charge in [-0.1, -0.05) is 0 Å². The van der Waals surface area contributed by atoms with Crippen molar-refractivity contribution in [2.75, 3.05) is 14.2 Å². The number of ether oxygens (including phenoxy) is 2. The predicted octanol–water partition coefficient (Wildman–Crippen LogP) is 2.15. The highest BCUT2D eigenvalue weighted by Crippen LogP contribution is 2.27. The van der Waals surface area contributed by atoms with E-state index in [9.17, 15) is 9.59 Å². The fourth-order valence-corrected chi connectivity index (χ4v) is 2.54. The first kappa shape index (κ1) is 15.8. The average Bonchev–Trinajstić information content (AvgIpc) is 2.98. The van der Waals surface area contributed by atoms with Crippen LogP contribution >= 0.6 is 11.3 Å². The van der Waals surface area contributed by atoms with Crippen LogP contribution in [0, 0.1) is 6.92 Å². The molecule has 0 saturated carbocycles. The molecule has 1 aromatic carbocycles. The van der Waals surface area contributed by atoms with Gasteiger partial charge >= 0.3 is 0 Å². The summed E-state index contributed by atoms with van der Waals surface area (Å²) < 4.78 is 10.2. The lowest BCUT2D eigenvalue weighted by atomic mass is 10.2. The summed E-state index contributed by atoms with van der Waals surface area (Å²) in [5.74, 6) is 0.169. The maximum Gasteiger partial charge on any atom is 0.279 e. The molecule has 0 radical (unpaired) electrons. The van der Waals surface area contributed by atoms with Crippen molar-refractivity contribution in [2.24, 2.45) is 0 Å². The average molecular weight is 320 g/mol. The number of rotatable bonds is 4. The highest BCUT2D eigenvalue weighted by molar-refractivity contribution is 7.13. The Kier molecular flexibility index (Phi) is 5.00. The van der Waals surface area contributed by atoms with Crippen LogP contribution in [0.2, 0.25) is 0 Å². The molecule has 1 aromatic heterocycles. The number of hydrogen-bond acceptors (Lipinski definition) is 5. The summed E-state index contributed by atoms with van der Waals surface area (Å²) >= 11 is 1.35. The van der Waals surface area contributed by atoms with E-state index in [1.165, 1.54) is 31.6 Å². The Morgan fingerprint density at radius 2 is 1.64 bits per heavy atom. The first-order valence-corrected chi connectivity index (χ1v) is 7.26. The summed E-state index contributed by atoms with van der Waals surface area (Å²) in [6.07, 6.45) is 0. The van der Waals surface area contributed by atoms with Crippen molar-refractivity contribution in [3.8, 4) is 11.5 Å². The van der Waals surface area contributed by atoms with Crippen molar-refractivity contribution in [3.63, 3.8) is 0 Å². The van der Waals surface area contributed by atoms with Gasteiger partial charge in [0.25, 0.3) is 11.8 Å². The zero-order chi connectivity index (χ0) is 16.1. The Morgan fingerprint density at radius 1 is 0.955 bits per heavy atom. The van der Waals surface area contributed by atoms with Gasteiger partial charge < -0.3 is 9.47 Å². The van der Waals surface area contributed by atoms with Crippen molar-refractivity contribution in [3.05, 3.63) is 45.6 Å². The minimum atomic E-state index is -0.442. The standard InChI is InChI=1S/C15H16N2O4S/c1-9-4-7-13(22-9)15(19)17-16-14(18)10-5-6-11(20-2)12(8-10)21-3/h4-8H,1-3H3,(H,16,18)(H,17,19). The van der Waals surface area contributed by atoms with E-state index in [-0.39, 0.29) is 5.91 Å². The minimum absolute atomic E-state index is 0.348. The van der Waals surface area contributed by atoms with Gasteiger partial charge in [-0.2, -0.15) is 0 Å². The maximum atomic E-state index is 12.0. The van der Waals surface area contributed by atoms with Crippen LogP contribution in [0.25, 0.3) is 0 Å². The molecule has 22 heavy (non-hydrogen) atoms. The molecule has 0 fully saturated rings. The van der Waals surface area contributed by atoms with Crippen LogP contribution in [-0.2, 0) is 0 Å². The molecule has 0 unspecified atom stereocenters. The predicted molar refractivity (Wildman–Crippen MR) is 83.5 cm³/mol. The minimum Gasteiger partial charge on any atom is -0.493 e. The van der Waals surface area contributed by atoms with Crippen LogP contribution in [0.15, 0.2) is 30.3 Å². The summed E-state index contributed by atoms with van der Waals surface area (Å²) in [6.45, 7) is 1.91. The number of hydrogen-bond donors (Lipinski definition) is 2. The maximum absolute atomic E-state index is 12.0. The van der Waals surface area contributed by atoms with Gasteiger partial charge in [-0.25, -0.2) is 0 Å². The summed E-state index contributed by atoms with van der Waals surface area (Å²) in [7, 11) is 3.00. The lowest BCUT2D eigenvalue weighted by Gasteiger charge is -2.10. The molecule has 0 atom stereocenters. The number of amides is 2. The lowest BCUT2D eigenvalue weighted by Crippen LogP contribution is -2.41. The summed E-state index contributed by atoms with van der Waals surface area (Å²) in [5, 5.41) is 0. The molecule has 2 rings (SSSR count). The third-order valence-corrected chi connectivity index (χ3v) is 3.90. The Labute approximate surface area is 132 Å². The molecule has 2 N–H and O–H groups in total. The fourth-order valence-electron chi connectivity index (χ4n) is 1.78. The van der Waals surface area contributed by atoms with E-state index in [4.69, 9.17) is 9.47 Å². The van der Waals surface area contributed by atoms with Crippen LogP contribution in [0.1, 0.15) is 24.9 Å². The Morgan fingerprint density at radius 3 is 2.23 bits per heavy atom. The van der Waals surface area contributed by atoms with Crippen LogP contribution in [-0.4, -0.2) is 26.0 Å². The molecule has 2 amide bonds. The number of aryl methyl sites for hydroxylation is 1. The monoisotopic (exact) mass is 320 g/mol. The second-order valence-electron chi connectivity index (χ2n) is 4.39. The molecule has 0 saturated heterocycles. The molecule has 2 aromatic rings. The first-order valence-electron chi connectivity index (χ1n) is 6.44. The van der Waals surface area contributed by atoms with E-state index in [1.807, 2.05) is 13.0 Å². The summed E-state index contributed by atoms with van der Waals surface area (Å²) in [5.41, 5.74) is 5.09. The van der Waals surface area contributed by atoms with E-state index in [0.29, 0.717) is 21.9 Å². The van der Waals surface area contributed by atoms with Crippen molar-refractivity contribution in [1.29, 1.82) is 0 Å². The molecule has 6 nitrogen and oxygen atoms in total. The van der Waals surface area contributed by atoms with Gasteiger partial charge in [0.15, 0.2) is 11.5 Å². The van der Waals surface area contributed by atoms with Crippen molar-refractivity contribution in [1.82, 2.24) is 10.9 Å².